The van der Waals surface area contributed by atoms with Crippen LogP contribution in [0.15, 0.2) is 52.1 Å². The lowest BCUT2D eigenvalue weighted by Crippen LogP contribution is -2.38. The Morgan fingerprint density at radius 1 is 1.27 bits per heavy atom. The first-order valence-electron chi connectivity index (χ1n) is 6.97. The van der Waals surface area contributed by atoms with Gasteiger partial charge in [0.25, 0.3) is 0 Å². The topological polar surface area (TPSA) is 49.3 Å². The first kappa shape index (κ1) is 16.4. The molecule has 2 N–H and O–H groups in total. The van der Waals surface area contributed by atoms with Crippen LogP contribution in [-0.4, -0.2) is 24.5 Å². The largest absolute Gasteiger partial charge is 0.356 e. The van der Waals surface area contributed by atoms with Gasteiger partial charge in [-0.2, -0.15) is 0 Å². The number of hydrogen-bond donors (Lipinski definition) is 2. The Balaban J connectivity index is 1.81. The minimum atomic E-state index is -0.252. The fraction of sp³-hybridized carbons (Fsp3) is 0.250. The van der Waals surface area contributed by atoms with E-state index in [1.807, 2.05) is 18.2 Å². The van der Waals surface area contributed by atoms with Crippen LogP contribution in [0.3, 0.4) is 0 Å². The van der Waals surface area contributed by atoms with Crippen molar-refractivity contribution in [3.63, 3.8) is 0 Å². The fourth-order valence-corrected chi connectivity index (χ4v) is 2.32. The second-order valence-electron chi connectivity index (χ2n) is 4.66. The Bertz CT molecular complexity index is 631. The average molecular weight is 365 g/mol. The van der Waals surface area contributed by atoms with Crippen LogP contribution in [0.5, 0.6) is 0 Å². The summed E-state index contributed by atoms with van der Waals surface area (Å²) in [4.78, 5) is 8.42. The first-order chi connectivity index (χ1) is 10.7. The lowest BCUT2D eigenvalue weighted by molar-refractivity contribution is 0.624. The molecule has 22 heavy (non-hydrogen) atoms. The minimum Gasteiger partial charge on any atom is -0.356 e. The monoisotopic (exact) mass is 364 g/mol. The van der Waals surface area contributed by atoms with Crippen LogP contribution in [0, 0.1) is 5.82 Å². The molecule has 0 aliphatic carbocycles. The zero-order valence-corrected chi connectivity index (χ0v) is 13.9. The summed E-state index contributed by atoms with van der Waals surface area (Å²) < 4.78 is 14.1. The van der Waals surface area contributed by atoms with Crippen LogP contribution >= 0.6 is 15.9 Å². The van der Waals surface area contributed by atoms with Gasteiger partial charge in [0.2, 0.25) is 0 Å². The Morgan fingerprint density at radius 3 is 2.86 bits per heavy atom. The second-order valence-corrected chi connectivity index (χ2v) is 5.51. The van der Waals surface area contributed by atoms with Crippen molar-refractivity contribution in [1.29, 1.82) is 0 Å². The van der Waals surface area contributed by atoms with Gasteiger partial charge in [-0.1, -0.05) is 22.0 Å². The molecule has 2 aromatic rings. The van der Waals surface area contributed by atoms with Gasteiger partial charge in [0.15, 0.2) is 5.96 Å². The van der Waals surface area contributed by atoms with Crippen molar-refractivity contribution < 1.29 is 4.39 Å². The highest BCUT2D eigenvalue weighted by atomic mass is 79.9. The third kappa shape index (κ3) is 5.11. The van der Waals surface area contributed by atoms with Crippen LogP contribution in [0.2, 0.25) is 0 Å². The van der Waals surface area contributed by atoms with E-state index >= 15 is 0 Å². The maximum absolute atomic E-state index is 13.2. The van der Waals surface area contributed by atoms with Gasteiger partial charge in [0, 0.05) is 42.9 Å². The molecule has 116 valence electrons. The molecule has 0 atom stereocenters. The zero-order chi connectivity index (χ0) is 15.8. The molecule has 0 radical (unpaired) electrons. The molecular formula is C16H18BrFN4. The van der Waals surface area contributed by atoms with Crippen molar-refractivity contribution in [3.8, 4) is 0 Å². The summed E-state index contributed by atoms with van der Waals surface area (Å²) in [6.07, 6.45) is 2.59. The van der Waals surface area contributed by atoms with Gasteiger partial charge in [-0.15, -0.1) is 0 Å². The molecule has 0 unspecified atom stereocenters. The van der Waals surface area contributed by atoms with E-state index in [0.29, 0.717) is 12.5 Å². The van der Waals surface area contributed by atoms with Crippen LogP contribution in [0.25, 0.3) is 0 Å². The van der Waals surface area contributed by atoms with Crippen LogP contribution in [0.4, 0.5) is 4.39 Å². The number of benzene rings is 1. The first-order valence-corrected chi connectivity index (χ1v) is 7.76. The van der Waals surface area contributed by atoms with Crippen LogP contribution in [-0.2, 0) is 13.0 Å². The lowest BCUT2D eigenvalue weighted by Gasteiger charge is -2.12. The summed E-state index contributed by atoms with van der Waals surface area (Å²) in [5.41, 5.74) is 1.87. The summed E-state index contributed by atoms with van der Waals surface area (Å²) in [6.45, 7) is 1.21. The standard InChI is InChI=1S/C16H18BrFN4/c1-19-16(21-9-7-14-4-2-3-8-20-14)22-11-12-10-13(18)5-6-15(12)17/h2-6,8,10H,7,9,11H2,1H3,(H2,19,21,22). The molecule has 4 nitrogen and oxygen atoms in total. The van der Waals surface area contributed by atoms with Crippen LogP contribution < -0.4 is 10.6 Å². The lowest BCUT2D eigenvalue weighted by atomic mass is 10.2. The van der Waals surface area contributed by atoms with E-state index in [1.54, 1.807) is 19.3 Å². The van der Waals surface area contributed by atoms with E-state index in [4.69, 9.17) is 0 Å². The maximum atomic E-state index is 13.2. The molecule has 1 heterocycles. The van der Waals surface area contributed by atoms with E-state index in [9.17, 15) is 4.39 Å². The van der Waals surface area contributed by atoms with Crippen LogP contribution in [0.1, 0.15) is 11.3 Å². The van der Waals surface area contributed by atoms with E-state index in [2.05, 4.69) is 36.5 Å². The number of aromatic nitrogens is 1. The highest BCUT2D eigenvalue weighted by molar-refractivity contribution is 9.10. The highest BCUT2D eigenvalue weighted by Crippen LogP contribution is 2.17. The molecule has 0 aliphatic rings. The molecule has 1 aromatic heterocycles. The van der Waals surface area contributed by atoms with E-state index in [-0.39, 0.29) is 5.82 Å². The van der Waals surface area contributed by atoms with Crippen molar-refractivity contribution in [2.24, 2.45) is 4.99 Å². The molecule has 1 aromatic carbocycles. The Labute approximate surface area is 138 Å². The predicted molar refractivity (Wildman–Crippen MR) is 90.2 cm³/mol. The molecule has 2 rings (SSSR count). The van der Waals surface area contributed by atoms with E-state index in [0.717, 1.165) is 28.7 Å². The highest BCUT2D eigenvalue weighted by Gasteiger charge is 2.03. The van der Waals surface area contributed by atoms with Gasteiger partial charge in [0.05, 0.1) is 0 Å². The minimum absolute atomic E-state index is 0.252. The molecular weight excluding hydrogens is 347 g/mol. The summed E-state index contributed by atoms with van der Waals surface area (Å²) >= 11 is 3.41. The fourth-order valence-electron chi connectivity index (χ4n) is 1.93. The zero-order valence-electron chi connectivity index (χ0n) is 12.3. The molecule has 0 saturated carbocycles. The number of guanidine groups is 1. The summed E-state index contributed by atoms with van der Waals surface area (Å²) in [5, 5.41) is 6.37. The van der Waals surface area contributed by atoms with Gasteiger partial charge < -0.3 is 10.6 Å². The average Bonchev–Trinajstić information content (AvgIpc) is 2.54. The number of nitrogens with one attached hydrogen (secondary N) is 2. The number of pyridine rings is 1. The Hall–Kier alpha value is -1.95. The Morgan fingerprint density at radius 2 is 2.14 bits per heavy atom. The number of nitrogens with zero attached hydrogens (tertiary/aromatic N) is 2. The van der Waals surface area contributed by atoms with Gasteiger partial charge in [0.1, 0.15) is 5.82 Å². The summed E-state index contributed by atoms with van der Waals surface area (Å²) in [6, 6.07) is 10.5. The van der Waals surface area contributed by atoms with Gasteiger partial charge in [-0.05, 0) is 35.9 Å². The Kier molecular flexibility index (Phi) is 6.33. The van der Waals surface area contributed by atoms with Gasteiger partial charge >= 0.3 is 0 Å². The van der Waals surface area contributed by atoms with Crippen molar-refractivity contribution >= 4 is 21.9 Å². The van der Waals surface area contributed by atoms with Gasteiger partial charge in [-0.3, -0.25) is 9.98 Å². The molecule has 0 fully saturated rings. The molecule has 0 spiro atoms. The summed E-state index contributed by atoms with van der Waals surface area (Å²) in [7, 11) is 1.71. The predicted octanol–water partition coefficient (Wildman–Crippen LogP) is 2.89. The van der Waals surface area contributed by atoms with Gasteiger partial charge in [-0.25, -0.2) is 4.39 Å². The molecule has 0 aliphatic heterocycles. The van der Waals surface area contributed by atoms with E-state index < -0.39 is 0 Å². The summed E-state index contributed by atoms with van der Waals surface area (Å²) in [5.74, 6) is 0.421. The van der Waals surface area contributed by atoms with Crippen molar-refractivity contribution in [2.75, 3.05) is 13.6 Å². The molecule has 6 heteroatoms. The second kappa shape index (κ2) is 8.48. The number of aliphatic imine (C=N–C) groups is 1. The smallest absolute Gasteiger partial charge is 0.191 e. The molecule has 0 amide bonds. The van der Waals surface area contributed by atoms with Crippen molar-refractivity contribution in [3.05, 3.63) is 64.1 Å². The number of rotatable bonds is 5. The SMILES string of the molecule is CN=C(NCCc1ccccn1)NCc1cc(F)ccc1Br. The number of hydrogen-bond acceptors (Lipinski definition) is 2. The van der Waals surface area contributed by atoms with Crippen molar-refractivity contribution in [2.45, 2.75) is 13.0 Å². The molecule has 0 bridgehead atoms. The quantitative estimate of drug-likeness (QED) is 0.633. The van der Waals surface area contributed by atoms with Crippen molar-refractivity contribution in [1.82, 2.24) is 15.6 Å². The third-order valence-corrected chi connectivity index (χ3v) is 3.85. The number of halogens is 2. The normalized spacial score (nSPS) is 11.3. The maximum Gasteiger partial charge on any atom is 0.191 e. The molecule has 0 saturated heterocycles. The third-order valence-electron chi connectivity index (χ3n) is 3.08. The van der Waals surface area contributed by atoms with E-state index in [1.165, 1.54) is 12.1 Å².